The second kappa shape index (κ2) is 15.4. The zero-order valence-corrected chi connectivity index (χ0v) is 30.0. The van der Waals surface area contributed by atoms with Crippen molar-refractivity contribution in [2.45, 2.75) is 77.0 Å². The molecule has 2 aromatic carbocycles. The van der Waals surface area contributed by atoms with Gasteiger partial charge in [0.05, 0.1) is 37.8 Å². The van der Waals surface area contributed by atoms with Gasteiger partial charge in [0.15, 0.2) is 5.82 Å². The summed E-state index contributed by atoms with van der Waals surface area (Å²) in [5, 5.41) is 18.2. The first-order chi connectivity index (χ1) is 21.9. The topological polar surface area (TPSA) is 137 Å². The number of methoxy groups -OCH3 is 1. The summed E-state index contributed by atoms with van der Waals surface area (Å²) in [7, 11) is 1.63. The second-order valence-electron chi connectivity index (χ2n) is 11.8. The summed E-state index contributed by atoms with van der Waals surface area (Å²) in [5.74, 6) is 0.383. The summed E-state index contributed by atoms with van der Waals surface area (Å²) in [6.07, 6.45) is 6.61. The van der Waals surface area contributed by atoms with Crippen molar-refractivity contribution in [1.29, 1.82) is 0 Å². The molecule has 12 heteroatoms. The van der Waals surface area contributed by atoms with Crippen molar-refractivity contribution in [3.63, 3.8) is 0 Å². The Morgan fingerprint density at radius 3 is 2.54 bits per heavy atom. The number of aliphatic hydroxyl groups excluding tert-OH is 1. The van der Waals surface area contributed by atoms with Gasteiger partial charge in [0.25, 0.3) is 5.56 Å². The van der Waals surface area contributed by atoms with Crippen LogP contribution in [0.25, 0.3) is 28.2 Å². The number of aliphatic hydroxyl groups is 1. The fourth-order valence-corrected chi connectivity index (χ4v) is 6.49. The molecule has 11 nitrogen and oxygen atoms in total. The number of aromatic amines is 1. The number of H-pyrrole nitrogens is 1. The molecule has 1 saturated carbocycles. The predicted molar refractivity (Wildman–Crippen MR) is 171 cm³/mol. The van der Waals surface area contributed by atoms with E-state index in [1.807, 2.05) is 57.6 Å². The molecule has 0 radical (unpaired) electrons. The zero-order valence-electron chi connectivity index (χ0n) is 27.9. The number of rotatable bonds is 11. The molecule has 0 saturated heterocycles. The Hall–Kier alpha value is -2.84. The first-order valence-corrected chi connectivity index (χ1v) is 15.6. The third kappa shape index (κ3) is 7.18. The Balaban J connectivity index is 0.00000250. The van der Waals surface area contributed by atoms with Gasteiger partial charge in [-0.3, -0.25) is 18.9 Å². The predicted octanol–water partition coefficient (Wildman–Crippen LogP) is 2.06. The van der Waals surface area contributed by atoms with Crippen LogP contribution in [0.4, 0.5) is 0 Å². The number of aromatic nitrogens is 5. The Bertz CT molecular complexity index is 1910. The summed E-state index contributed by atoms with van der Waals surface area (Å²) >= 11 is 0. The van der Waals surface area contributed by atoms with Crippen LogP contribution >= 0.6 is 0 Å². The number of hydrogen-bond donors (Lipinski definition) is 2. The van der Waals surface area contributed by atoms with Crippen molar-refractivity contribution in [2.24, 2.45) is 0 Å². The fourth-order valence-electron chi connectivity index (χ4n) is 6.49. The Morgan fingerprint density at radius 1 is 1.11 bits per heavy atom. The monoisotopic (exact) mass is 653 g/mol. The van der Waals surface area contributed by atoms with Crippen LogP contribution in [0.15, 0.2) is 68.8 Å². The van der Waals surface area contributed by atoms with Crippen molar-refractivity contribution in [3.05, 3.63) is 92.5 Å². The van der Waals surface area contributed by atoms with Crippen LogP contribution in [0.5, 0.6) is 5.75 Å². The van der Waals surface area contributed by atoms with E-state index in [-0.39, 0.29) is 70.5 Å². The molecule has 6 rings (SSSR count). The maximum Gasteiger partial charge on any atom is 1.00 e. The largest absolute Gasteiger partial charge is 1.00 e. The van der Waals surface area contributed by atoms with Crippen molar-refractivity contribution >= 4 is 5.65 Å². The molecule has 238 valence electrons. The van der Waals surface area contributed by atoms with Crippen LogP contribution in [0.1, 0.15) is 70.2 Å². The Labute approximate surface area is 310 Å². The maximum atomic E-state index is 14.4. The summed E-state index contributed by atoms with van der Waals surface area (Å²) in [4.78, 5) is 28.7. The van der Waals surface area contributed by atoms with Gasteiger partial charge in [-0.25, -0.2) is 9.31 Å². The molecule has 1 atom stereocenters. The van der Waals surface area contributed by atoms with Crippen molar-refractivity contribution < 1.29 is 71.9 Å². The molecule has 1 aliphatic rings. The number of nitrogens with zero attached hydrogens (tertiary/aromatic N) is 4. The molecule has 1 unspecified atom stereocenters. The van der Waals surface area contributed by atoms with Gasteiger partial charge in [0.2, 0.25) is 0 Å². The van der Waals surface area contributed by atoms with E-state index >= 15 is 0 Å². The molecule has 0 bridgehead atoms. The van der Waals surface area contributed by atoms with E-state index in [2.05, 4.69) is 22.2 Å². The summed E-state index contributed by atoms with van der Waals surface area (Å²) in [5.41, 5.74) is 5.78. The van der Waals surface area contributed by atoms with Crippen LogP contribution in [-0.2, 0) is 17.6 Å². The molecule has 0 aliphatic heterocycles. The maximum absolute atomic E-state index is 14.4. The molecule has 5 aromatic rings. The van der Waals surface area contributed by atoms with E-state index in [0.29, 0.717) is 36.6 Å². The molecular weight excluding hydrogens is 614 g/mol. The van der Waals surface area contributed by atoms with Crippen molar-refractivity contribution in [3.8, 4) is 28.3 Å². The average Bonchev–Trinajstić information content (AvgIpc) is 3.72. The number of hydrogen-bond acceptors (Lipinski definition) is 8. The van der Waals surface area contributed by atoms with Crippen molar-refractivity contribution in [2.75, 3.05) is 13.7 Å². The van der Waals surface area contributed by atoms with Gasteiger partial charge < -0.3 is 16.0 Å². The molecule has 2 N–H and O–H groups in total. The third-order valence-electron chi connectivity index (χ3n) is 8.61. The van der Waals surface area contributed by atoms with Gasteiger partial charge in [-0.15, -0.1) is 0 Å². The van der Waals surface area contributed by atoms with Gasteiger partial charge >= 0.3 is 57.1 Å². The van der Waals surface area contributed by atoms with Crippen LogP contribution in [0.3, 0.4) is 0 Å². The molecule has 0 spiro atoms. The van der Waals surface area contributed by atoms with Gasteiger partial charge in [0, 0.05) is 29.7 Å². The standard InChI is InChI=1S/C34H39N5O6.K.H/c1-4-7-29-28(33(41)38(31-16-17-35-39(29)31)24-12-14-25(15-13-24)44-20-21(2)40)18-23-11-10-22(19-30(23)43-3)26-8-5-6-9-27(26)32-36-34(42)45-37-32;;/h5-6,8-11,16-17,19,21,24-25,40H,4,7,12-15,18,20H2,1-3H3,(H,36,37,42);;/q;+1;-1. The van der Waals surface area contributed by atoms with E-state index in [4.69, 9.17) is 14.0 Å². The SMILES string of the molecule is CCCc1c(Cc2ccc(-c3ccccc3-c3noc(=O)[nH]3)cc2OC)c(=O)n(C2CCC(OCC(C)O)CC2)c2ccnn12.[H-].[K+]. The minimum absolute atomic E-state index is 0. The number of fused-ring (bicyclic) bond motifs is 1. The van der Waals surface area contributed by atoms with Gasteiger partial charge in [-0.05, 0) is 61.8 Å². The smallest absolute Gasteiger partial charge is 1.00 e. The summed E-state index contributed by atoms with van der Waals surface area (Å²) in [6.45, 7) is 4.16. The second-order valence-corrected chi connectivity index (χ2v) is 11.8. The fraction of sp³-hybridized carbons (Fsp3) is 0.412. The first kappa shape index (κ1) is 34.5. The molecule has 3 aromatic heterocycles. The van der Waals surface area contributed by atoms with Crippen LogP contribution < -0.4 is 67.4 Å². The molecule has 0 amide bonds. The van der Waals surface area contributed by atoms with Gasteiger partial charge in [0.1, 0.15) is 11.4 Å². The van der Waals surface area contributed by atoms with Crippen LogP contribution in [-0.4, -0.2) is 55.4 Å². The minimum atomic E-state index is -0.617. The molecular formula is C34H40KN5O6. The van der Waals surface area contributed by atoms with Crippen LogP contribution in [0, 0.1) is 0 Å². The van der Waals surface area contributed by atoms with E-state index in [0.717, 1.165) is 65.7 Å². The zero-order chi connectivity index (χ0) is 31.5. The van der Waals surface area contributed by atoms with E-state index < -0.39 is 11.9 Å². The van der Waals surface area contributed by atoms with E-state index in [1.165, 1.54) is 0 Å². The molecule has 3 heterocycles. The normalized spacial score (nSPS) is 17.1. The number of ether oxygens (including phenoxy) is 2. The van der Waals surface area contributed by atoms with Crippen molar-refractivity contribution in [1.82, 2.24) is 24.3 Å². The third-order valence-corrected chi connectivity index (χ3v) is 8.61. The molecule has 46 heavy (non-hydrogen) atoms. The van der Waals surface area contributed by atoms with Gasteiger partial charge in [-0.2, -0.15) is 5.10 Å². The molecule has 1 fully saturated rings. The number of nitrogens with one attached hydrogen (secondary N) is 1. The Kier molecular flexibility index (Phi) is 11.5. The molecule has 1 aliphatic carbocycles. The quantitative estimate of drug-likeness (QED) is 0.207. The van der Waals surface area contributed by atoms with E-state index in [1.54, 1.807) is 20.2 Å². The average molecular weight is 654 g/mol. The number of benzene rings is 2. The summed E-state index contributed by atoms with van der Waals surface area (Å²) in [6, 6.07) is 15.5. The summed E-state index contributed by atoms with van der Waals surface area (Å²) < 4.78 is 20.4. The van der Waals surface area contributed by atoms with Crippen LogP contribution in [0.2, 0.25) is 0 Å². The first-order valence-electron chi connectivity index (χ1n) is 15.6. The Morgan fingerprint density at radius 2 is 1.87 bits per heavy atom. The van der Waals surface area contributed by atoms with E-state index in [9.17, 15) is 14.7 Å². The minimum Gasteiger partial charge on any atom is -1.00 e. The number of aryl methyl sites for hydroxylation is 1. The van der Waals surface area contributed by atoms with Gasteiger partial charge in [-0.1, -0.05) is 54.9 Å².